The number of anilines is 1. The Morgan fingerprint density at radius 2 is 1.77 bits per heavy atom. The summed E-state index contributed by atoms with van der Waals surface area (Å²) in [7, 11) is 0. The third-order valence-corrected chi connectivity index (χ3v) is 6.67. The van der Waals surface area contributed by atoms with E-state index >= 15 is 0 Å². The van der Waals surface area contributed by atoms with Gasteiger partial charge in [0.1, 0.15) is 11.6 Å². The topological polar surface area (TPSA) is 71.1 Å². The first-order valence-corrected chi connectivity index (χ1v) is 11.8. The van der Waals surface area contributed by atoms with Crippen molar-refractivity contribution >= 4 is 29.1 Å². The molecule has 0 bridgehead atoms. The molecule has 0 saturated carbocycles. The highest BCUT2D eigenvalue weighted by Gasteiger charge is 2.36. The van der Waals surface area contributed by atoms with Crippen LogP contribution in [0.5, 0.6) is 0 Å². The average molecular weight is 558 g/mol. The minimum atomic E-state index is -4.88. The summed E-state index contributed by atoms with van der Waals surface area (Å²) >= 11 is 6.31. The number of carbonyl (C=O) groups excluding carboxylic acids is 2. The lowest BCUT2D eigenvalue weighted by Crippen LogP contribution is -2.21. The van der Waals surface area contributed by atoms with Crippen molar-refractivity contribution in [2.75, 3.05) is 5.32 Å². The second-order valence-corrected chi connectivity index (χ2v) is 9.34. The fourth-order valence-electron chi connectivity index (χ4n) is 4.54. The van der Waals surface area contributed by atoms with Crippen LogP contribution in [-0.4, -0.2) is 16.8 Å². The summed E-state index contributed by atoms with van der Waals surface area (Å²) in [6, 6.07) is 8.90. The molecule has 0 radical (unpaired) electrons. The highest BCUT2D eigenvalue weighted by molar-refractivity contribution is 6.31. The molecule has 5 nitrogen and oxygen atoms in total. The lowest BCUT2D eigenvalue weighted by molar-refractivity contribution is -0.137. The number of aromatic nitrogens is 1. The van der Waals surface area contributed by atoms with Crippen LogP contribution < -0.4 is 10.6 Å². The van der Waals surface area contributed by atoms with Crippen LogP contribution in [0, 0.1) is 18.6 Å². The minimum Gasteiger partial charge on any atom is -0.341 e. The largest absolute Gasteiger partial charge is 0.416 e. The van der Waals surface area contributed by atoms with Crippen molar-refractivity contribution in [1.29, 1.82) is 0 Å². The fraction of sp³-hybridized carbons (Fsp3) is 0.107. The molecule has 0 aliphatic carbocycles. The summed E-state index contributed by atoms with van der Waals surface area (Å²) in [5.74, 6) is -3.45. The van der Waals surface area contributed by atoms with E-state index in [4.69, 9.17) is 11.6 Å². The predicted molar refractivity (Wildman–Crippen MR) is 134 cm³/mol. The van der Waals surface area contributed by atoms with Crippen molar-refractivity contribution < 1.29 is 31.5 Å². The number of halogens is 6. The first-order chi connectivity index (χ1) is 18.4. The second-order valence-electron chi connectivity index (χ2n) is 8.93. The van der Waals surface area contributed by atoms with Crippen molar-refractivity contribution in [3.63, 3.8) is 0 Å². The molecule has 4 aromatic rings. The van der Waals surface area contributed by atoms with E-state index in [0.29, 0.717) is 23.3 Å². The first-order valence-electron chi connectivity index (χ1n) is 11.5. The Bertz CT molecular complexity index is 1660. The van der Waals surface area contributed by atoms with Crippen molar-refractivity contribution in [1.82, 2.24) is 10.3 Å². The van der Waals surface area contributed by atoms with Crippen LogP contribution in [0.4, 0.5) is 27.6 Å². The average Bonchev–Trinajstić information content (AvgIpc) is 3.21. The molecule has 2 N–H and O–H groups in total. The number of pyridine rings is 1. The smallest absolute Gasteiger partial charge is 0.341 e. The van der Waals surface area contributed by atoms with Crippen LogP contribution in [0.1, 0.15) is 49.0 Å². The van der Waals surface area contributed by atoms with Gasteiger partial charge >= 0.3 is 6.18 Å². The lowest BCUT2D eigenvalue weighted by Gasteiger charge is -2.19. The van der Waals surface area contributed by atoms with Crippen LogP contribution in [-0.2, 0) is 6.18 Å². The third-order valence-electron chi connectivity index (χ3n) is 6.32. The van der Waals surface area contributed by atoms with Crippen LogP contribution in [0.2, 0.25) is 5.02 Å². The molecule has 198 valence electrons. The van der Waals surface area contributed by atoms with Gasteiger partial charge in [0.05, 0.1) is 11.6 Å². The highest BCUT2D eigenvalue weighted by atomic mass is 35.5. The SMILES string of the molecule is Cc1cnccc1-c1cc(NC(=O)c2cc(F)cc(C(F)(F)F)c2)c2c(c1)C(=O)NC2c1cc(F)ccc1Cl. The minimum absolute atomic E-state index is 0.0465. The molecule has 0 saturated heterocycles. The molecular formula is C28H17ClF5N3O2. The van der Waals surface area contributed by atoms with Gasteiger partial charge in [0.2, 0.25) is 0 Å². The van der Waals surface area contributed by atoms with Crippen molar-refractivity contribution in [3.8, 4) is 11.1 Å². The predicted octanol–water partition coefficient (Wildman–Crippen LogP) is 7.09. The zero-order valence-corrected chi connectivity index (χ0v) is 20.7. The Balaban J connectivity index is 1.68. The van der Waals surface area contributed by atoms with Gasteiger partial charge in [-0.25, -0.2) is 8.78 Å². The molecule has 1 atom stereocenters. The standard InChI is InChI=1S/C28H17ClF5N3O2/c1-13-12-35-5-4-19(13)14-8-21-24(25(37-27(21)39)20-11-17(30)2-3-22(20)29)23(9-14)36-26(38)15-6-16(28(32,33)34)10-18(31)7-15/h2-12,25H,1H3,(H,36,38)(H,37,39). The summed E-state index contributed by atoms with van der Waals surface area (Å²) in [5.41, 5.74) is 0.622. The fourth-order valence-corrected chi connectivity index (χ4v) is 4.76. The van der Waals surface area contributed by atoms with Crippen LogP contribution in [0.25, 0.3) is 11.1 Å². The van der Waals surface area contributed by atoms with E-state index in [2.05, 4.69) is 15.6 Å². The van der Waals surface area contributed by atoms with E-state index in [1.54, 1.807) is 25.3 Å². The summed E-state index contributed by atoms with van der Waals surface area (Å²) in [6.07, 6.45) is -1.75. The Morgan fingerprint density at radius 3 is 2.49 bits per heavy atom. The van der Waals surface area contributed by atoms with Crippen molar-refractivity contribution in [3.05, 3.63) is 117 Å². The molecule has 5 rings (SSSR count). The number of nitrogens with zero attached hydrogens (tertiary/aromatic N) is 1. The maximum atomic E-state index is 14.1. The lowest BCUT2D eigenvalue weighted by atomic mass is 9.92. The number of carbonyl (C=O) groups is 2. The highest BCUT2D eigenvalue weighted by Crippen LogP contribution is 2.42. The van der Waals surface area contributed by atoms with E-state index in [9.17, 15) is 31.5 Å². The number of aryl methyl sites for hydroxylation is 1. The number of rotatable bonds is 4. The van der Waals surface area contributed by atoms with Gasteiger partial charge in [-0.05, 0) is 78.2 Å². The van der Waals surface area contributed by atoms with Gasteiger partial charge in [-0.3, -0.25) is 14.6 Å². The molecule has 39 heavy (non-hydrogen) atoms. The van der Waals surface area contributed by atoms with Gasteiger partial charge in [-0.15, -0.1) is 0 Å². The van der Waals surface area contributed by atoms with Gasteiger partial charge < -0.3 is 10.6 Å². The van der Waals surface area contributed by atoms with Crippen LogP contribution >= 0.6 is 11.6 Å². The van der Waals surface area contributed by atoms with Crippen molar-refractivity contribution in [2.24, 2.45) is 0 Å². The van der Waals surface area contributed by atoms with E-state index in [1.165, 1.54) is 18.3 Å². The Morgan fingerprint density at radius 1 is 1.00 bits per heavy atom. The zero-order valence-electron chi connectivity index (χ0n) is 20.0. The number of alkyl halides is 3. The molecule has 0 spiro atoms. The molecule has 1 aliphatic heterocycles. The Labute approximate surface area is 223 Å². The Kier molecular flexibility index (Phi) is 6.59. The molecule has 3 aromatic carbocycles. The van der Waals surface area contributed by atoms with Crippen molar-refractivity contribution in [2.45, 2.75) is 19.1 Å². The molecule has 11 heteroatoms. The van der Waals surface area contributed by atoms with Gasteiger partial charge in [0.25, 0.3) is 11.8 Å². The summed E-state index contributed by atoms with van der Waals surface area (Å²) in [4.78, 5) is 30.3. The number of amides is 2. The molecule has 1 aliphatic rings. The quantitative estimate of drug-likeness (QED) is 0.263. The van der Waals surface area contributed by atoms with Gasteiger partial charge in [-0.2, -0.15) is 13.2 Å². The van der Waals surface area contributed by atoms with Crippen LogP contribution in [0.3, 0.4) is 0 Å². The molecule has 0 fully saturated rings. The molecule has 2 amide bonds. The summed E-state index contributed by atoms with van der Waals surface area (Å²) < 4.78 is 67.9. The second kappa shape index (κ2) is 9.77. The van der Waals surface area contributed by atoms with Gasteiger partial charge in [-0.1, -0.05) is 11.6 Å². The number of nitrogens with one attached hydrogen (secondary N) is 2. The summed E-state index contributed by atoms with van der Waals surface area (Å²) in [6.45, 7) is 1.79. The number of hydrogen-bond donors (Lipinski definition) is 2. The summed E-state index contributed by atoms with van der Waals surface area (Å²) in [5, 5.41) is 5.40. The third kappa shape index (κ3) is 5.07. The molecule has 2 heterocycles. The van der Waals surface area contributed by atoms with Gasteiger partial charge in [0, 0.05) is 45.4 Å². The number of benzene rings is 3. The first kappa shape index (κ1) is 26.3. The number of fused-ring (bicyclic) bond motifs is 1. The van der Waals surface area contributed by atoms with E-state index in [1.807, 2.05) is 0 Å². The van der Waals surface area contributed by atoms with E-state index < -0.39 is 46.8 Å². The van der Waals surface area contributed by atoms with E-state index in [0.717, 1.165) is 17.7 Å². The Hall–Kier alpha value is -4.31. The zero-order chi connectivity index (χ0) is 28.1. The molecule has 1 aromatic heterocycles. The maximum Gasteiger partial charge on any atom is 0.416 e. The maximum absolute atomic E-state index is 14.1. The monoisotopic (exact) mass is 557 g/mol. The normalized spacial score (nSPS) is 14.6. The van der Waals surface area contributed by atoms with Crippen LogP contribution in [0.15, 0.2) is 67.0 Å². The molecular weight excluding hydrogens is 541 g/mol. The number of hydrogen-bond acceptors (Lipinski definition) is 3. The van der Waals surface area contributed by atoms with E-state index in [-0.39, 0.29) is 33.5 Å². The van der Waals surface area contributed by atoms with Gasteiger partial charge in [0.15, 0.2) is 0 Å². The molecule has 1 unspecified atom stereocenters.